The number of aliphatic hydroxyl groups is 1. The molecule has 5 heteroatoms. The Bertz CT molecular complexity index is 448. The summed E-state index contributed by atoms with van der Waals surface area (Å²) >= 11 is 0. The second kappa shape index (κ2) is 6.65. The highest BCUT2D eigenvalue weighted by Crippen LogP contribution is 2.18. The van der Waals surface area contributed by atoms with Crippen molar-refractivity contribution >= 4 is 5.91 Å². The monoisotopic (exact) mass is 264 g/mol. The molecule has 0 fully saturated rings. The summed E-state index contributed by atoms with van der Waals surface area (Å²) in [5, 5.41) is 15.6. The molecule has 1 aliphatic heterocycles. The number of ether oxygens (including phenoxy) is 1. The first-order chi connectivity index (χ1) is 9.22. The van der Waals surface area contributed by atoms with Gasteiger partial charge in [-0.2, -0.15) is 0 Å². The van der Waals surface area contributed by atoms with Gasteiger partial charge in [0.15, 0.2) is 0 Å². The Kier molecular flexibility index (Phi) is 4.90. The zero-order valence-electron chi connectivity index (χ0n) is 11.1. The minimum absolute atomic E-state index is 0.131. The van der Waals surface area contributed by atoms with Crippen LogP contribution in [0.4, 0.5) is 0 Å². The molecule has 0 bridgehead atoms. The number of carbonyl (C=O) groups excluding carboxylic acids is 1. The van der Waals surface area contributed by atoms with Gasteiger partial charge in [0.05, 0.1) is 12.7 Å². The van der Waals surface area contributed by atoms with Crippen molar-refractivity contribution in [1.82, 2.24) is 10.6 Å². The third-order valence-electron chi connectivity index (χ3n) is 3.24. The maximum Gasteiger partial charge on any atom is 0.251 e. The minimum atomic E-state index is -0.671. The van der Waals surface area contributed by atoms with Crippen molar-refractivity contribution in [2.75, 3.05) is 26.8 Å². The molecule has 1 atom stereocenters. The molecule has 1 heterocycles. The van der Waals surface area contributed by atoms with Crippen molar-refractivity contribution < 1.29 is 14.6 Å². The maximum absolute atomic E-state index is 12.1. The summed E-state index contributed by atoms with van der Waals surface area (Å²) in [5.41, 5.74) is 3.00. The van der Waals surface area contributed by atoms with Crippen molar-refractivity contribution in [2.45, 2.75) is 19.1 Å². The van der Waals surface area contributed by atoms with E-state index in [1.54, 1.807) is 0 Å². The van der Waals surface area contributed by atoms with Crippen LogP contribution in [-0.4, -0.2) is 43.9 Å². The number of aliphatic hydroxyl groups excluding tert-OH is 1. The Balaban J connectivity index is 2.03. The first-order valence-electron chi connectivity index (χ1n) is 6.49. The molecule has 1 aromatic carbocycles. The van der Waals surface area contributed by atoms with Crippen LogP contribution in [0.2, 0.25) is 0 Å². The Morgan fingerprint density at radius 1 is 1.58 bits per heavy atom. The van der Waals surface area contributed by atoms with Gasteiger partial charge in [-0.15, -0.1) is 0 Å². The predicted octanol–water partition coefficient (Wildman–Crippen LogP) is 0.0694. The van der Waals surface area contributed by atoms with Crippen molar-refractivity contribution in [3.63, 3.8) is 0 Å². The van der Waals surface area contributed by atoms with E-state index >= 15 is 0 Å². The molecule has 1 unspecified atom stereocenters. The van der Waals surface area contributed by atoms with Crippen LogP contribution in [0.5, 0.6) is 0 Å². The van der Waals surface area contributed by atoms with Crippen LogP contribution < -0.4 is 10.6 Å². The van der Waals surface area contributed by atoms with E-state index in [2.05, 4.69) is 10.6 Å². The fourth-order valence-corrected chi connectivity index (χ4v) is 2.30. The number of hydrogen-bond donors (Lipinski definition) is 3. The summed E-state index contributed by atoms with van der Waals surface area (Å²) < 4.78 is 4.82. The fourth-order valence-electron chi connectivity index (χ4n) is 2.30. The van der Waals surface area contributed by atoms with Gasteiger partial charge in [0.1, 0.15) is 0 Å². The molecule has 5 nitrogen and oxygen atoms in total. The number of hydrogen-bond acceptors (Lipinski definition) is 4. The SMILES string of the molecule is COCC(O)CNC(=O)c1cccc2c1CCNC2. The summed E-state index contributed by atoms with van der Waals surface area (Å²) in [7, 11) is 1.52. The van der Waals surface area contributed by atoms with Gasteiger partial charge < -0.3 is 20.5 Å². The van der Waals surface area contributed by atoms with Gasteiger partial charge in [-0.1, -0.05) is 12.1 Å². The number of nitrogens with one attached hydrogen (secondary N) is 2. The van der Waals surface area contributed by atoms with Crippen molar-refractivity contribution in [1.29, 1.82) is 0 Å². The predicted molar refractivity (Wildman–Crippen MR) is 72.1 cm³/mol. The van der Waals surface area contributed by atoms with Crippen LogP contribution in [-0.2, 0) is 17.7 Å². The van der Waals surface area contributed by atoms with E-state index in [1.807, 2.05) is 18.2 Å². The lowest BCUT2D eigenvalue weighted by atomic mass is 9.95. The summed E-state index contributed by atoms with van der Waals surface area (Å²) in [6, 6.07) is 5.77. The van der Waals surface area contributed by atoms with Gasteiger partial charge in [0.25, 0.3) is 5.91 Å². The van der Waals surface area contributed by atoms with Gasteiger partial charge in [-0.25, -0.2) is 0 Å². The quantitative estimate of drug-likeness (QED) is 0.704. The molecule has 0 aromatic heterocycles. The summed E-state index contributed by atoms with van der Waals surface area (Å²) in [6.07, 6.45) is 0.190. The van der Waals surface area contributed by atoms with E-state index in [4.69, 9.17) is 4.74 Å². The normalized spacial score (nSPS) is 15.7. The first-order valence-corrected chi connectivity index (χ1v) is 6.49. The molecule has 104 valence electrons. The number of carbonyl (C=O) groups is 1. The lowest BCUT2D eigenvalue weighted by Crippen LogP contribution is -2.35. The van der Waals surface area contributed by atoms with E-state index in [0.717, 1.165) is 25.1 Å². The molecule has 1 aliphatic rings. The van der Waals surface area contributed by atoms with Gasteiger partial charge >= 0.3 is 0 Å². The van der Waals surface area contributed by atoms with E-state index < -0.39 is 6.10 Å². The fraction of sp³-hybridized carbons (Fsp3) is 0.500. The van der Waals surface area contributed by atoms with Crippen molar-refractivity contribution in [3.8, 4) is 0 Å². The molecular formula is C14H20N2O3. The number of methoxy groups -OCH3 is 1. The van der Waals surface area contributed by atoms with Crippen LogP contribution in [0.15, 0.2) is 18.2 Å². The van der Waals surface area contributed by atoms with Crippen LogP contribution >= 0.6 is 0 Å². The van der Waals surface area contributed by atoms with Crippen LogP contribution in [0.1, 0.15) is 21.5 Å². The van der Waals surface area contributed by atoms with Crippen molar-refractivity contribution in [2.24, 2.45) is 0 Å². The number of fused-ring (bicyclic) bond motifs is 1. The number of rotatable bonds is 5. The summed E-state index contributed by atoms with van der Waals surface area (Å²) in [6.45, 7) is 2.12. The molecule has 0 radical (unpaired) electrons. The number of amides is 1. The Morgan fingerprint density at radius 2 is 2.42 bits per heavy atom. The van der Waals surface area contributed by atoms with Crippen LogP contribution in [0.25, 0.3) is 0 Å². The highest BCUT2D eigenvalue weighted by molar-refractivity contribution is 5.96. The van der Waals surface area contributed by atoms with Gasteiger partial charge in [0, 0.05) is 25.8 Å². The third kappa shape index (κ3) is 3.53. The zero-order chi connectivity index (χ0) is 13.7. The average Bonchev–Trinajstić information content (AvgIpc) is 2.44. The molecule has 0 spiro atoms. The topological polar surface area (TPSA) is 70.6 Å². The maximum atomic E-state index is 12.1. The third-order valence-corrected chi connectivity index (χ3v) is 3.24. The highest BCUT2D eigenvalue weighted by atomic mass is 16.5. The first kappa shape index (κ1) is 14.0. The summed E-state index contributed by atoms with van der Waals surface area (Å²) in [4.78, 5) is 12.1. The zero-order valence-corrected chi connectivity index (χ0v) is 11.1. The molecule has 2 rings (SSSR count). The van der Waals surface area contributed by atoms with E-state index in [-0.39, 0.29) is 19.1 Å². The largest absolute Gasteiger partial charge is 0.389 e. The van der Waals surface area contributed by atoms with Crippen molar-refractivity contribution in [3.05, 3.63) is 34.9 Å². The molecule has 1 aromatic rings. The Morgan fingerprint density at radius 3 is 3.21 bits per heavy atom. The van der Waals surface area contributed by atoms with E-state index in [9.17, 15) is 9.90 Å². The molecule has 0 saturated heterocycles. The second-order valence-electron chi connectivity index (χ2n) is 4.69. The van der Waals surface area contributed by atoms with Crippen LogP contribution in [0.3, 0.4) is 0 Å². The average molecular weight is 264 g/mol. The standard InChI is InChI=1S/C14H20N2O3/c1-19-9-11(17)8-16-14(18)13-4-2-3-10-7-15-6-5-12(10)13/h2-4,11,15,17H,5-9H2,1H3,(H,16,18). The lowest BCUT2D eigenvalue weighted by Gasteiger charge is -2.20. The highest BCUT2D eigenvalue weighted by Gasteiger charge is 2.17. The Labute approximate surface area is 113 Å². The van der Waals surface area contributed by atoms with Gasteiger partial charge in [0.2, 0.25) is 0 Å². The summed E-state index contributed by atoms with van der Waals surface area (Å²) in [5.74, 6) is -0.131. The van der Waals surface area contributed by atoms with E-state index in [0.29, 0.717) is 5.56 Å². The molecule has 19 heavy (non-hydrogen) atoms. The van der Waals surface area contributed by atoms with E-state index in [1.165, 1.54) is 12.7 Å². The van der Waals surface area contributed by atoms with Gasteiger partial charge in [-0.3, -0.25) is 4.79 Å². The molecular weight excluding hydrogens is 244 g/mol. The Hall–Kier alpha value is -1.43. The van der Waals surface area contributed by atoms with Gasteiger partial charge in [-0.05, 0) is 30.2 Å². The minimum Gasteiger partial charge on any atom is -0.389 e. The second-order valence-corrected chi connectivity index (χ2v) is 4.69. The van der Waals surface area contributed by atoms with Crippen LogP contribution in [0, 0.1) is 0 Å². The smallest absolute Gasteiger partial charge is 0.251 e. The molecule has 0 saturated carbocycles. The molecule has 0 aliphatic carbocycles. The molecule has 3 N–H and O–H groups in total. The number of benzene rings is 1. The molecule has 1 amide bonds. The lowest BCUT2D eigenvalue weighted by molar-refractivity contribution is 0.0609.